The van der Waals surface area contributed by atoms with E-state index in [1.165, 1.54) is 5.69 Å². The predicted octanol–water partition coefficient (Wildman–Crippen LogP) is -0.485. The van der Waals surface area contributed by atoms with E-state index in [1.807, 2.05) is 24.0 Å². The van der Waals surface area contributed by atoms with Crippen molar-refractivity contribution in [3.05, 3.63) is 18.0 Å². The molecule has 18 heavy (non-hydrogen) atoms. The Morgan fingerprint density at radius 1 is 1.61 bits per heavy atom. The summed E-state index contributed by atoms with van der Waals surface area (Å²) in [5, 5.41) is 4.17. The minimum atomic E-state index is 0.168. The lowest BCUT2D eigenvalue weighted by atomic mass is 10.0. The average Bonchev–Trinajstić information content (AvgIpc) is 2.76. The topological polar surface area (TPSA) is 68.3 Å². The molecule has 1 saturated heterocycles. The second kappa shape index (κ2) is 6.29. The summed E-state index contributed by atoms with van der Waals surface area (Å²) in [6.07, 6.45) is 3.90. The Kier molecular flexibility index (Phi) is 4.71. The van der Waals surface area contributed by atoms with Gasteiger partial charge in [-0.25, -0.2) is 0 Å². The molecule has 0 bridgehead atoms. The first-order valence-corrected chi connectivity index (χ1v) is 6.44. The Morgan fingerprint density at radius 3 is 3.06 bits per heavy atom. The third-order valence-electron chi connectivity index (χ3n) is 3.59. The van der Waals surface area contributed by atoms with Gasteiger partial charge in [0, 0.05) is 38.1 Å². The molecule has 3 N–H and O–H groups in total. The largest absolute Gasteiger partial charge is 0.374 e. The van der Waals surface area contributed by atoms with Crippen LogP contribution in [0.15, 0.2) is 12.3 Å². The van der Waals surface area contributed by atoms with E-state index in [-0.39, 0.29) is 12.1 Å². The van der Waals surface area contributed by atoms with E-state index < -0.39 is 0 Å². The van der Waals surface area contributed by atoms with Gasteiger partial charge in [0.2, 0.25) is 0 Å². The van der Waals surface area contributed by atoms with Gasteiger partial charge in [0.25, 0.3) is 0 Å². The van der Waals surface area contributed by atoms with Crippen LogP contribution in [0.25, 0.3) is 0 Å². The van der Waals surface area contributed by atoms with Gasteiger partial charge in [-0.1, -0.05) is 0 Å². The number of ether oxygens (including phenoxy) is 1. The number of rotatable bonds is 5. The smallest absolute Gasteiger partial charge is 0.0868 e. The van der Waals surface area contributed by atoms with Gasteiger partial charge in [0.15, 0.2) is 0 Å². The lowest BCUT2D eigenvalue weighted by molar-refractivity contribution is -0.0399. The van der Waals surface area contributed by atoms with Gasteiger partial charge in [-0.15, -0.1) is 0 Å². The van der Waals surface area contributed by atoms with Crippen LogP contribution in [-0.4, -0.2) is 53.6 Å². The number of nitrogens with one attached hydrogen (secondary N) is 1. The molecule has 6 heteroatoms. The van der Waals surface area contributed by atoms with Gasteiger partial charge >= 0.3 is 0 Å². The monoisotopic (exact) mass is 253 g/mol. The van der Waals surface area contributed by atoms with Gasteiger partial charge in [0.1, 0.15) is 0 Å². The molecule has 2 atom stereocenters. The lowest BCUT2D eigenvalue weighted by Crippen LogP contribution is -2.53. The third kappa shape index (κ3) is 3.29. The molecule has 1 aromatic heterocycles. The Morgan fingerprint density at radius 2 is 2.44 bits per heavy atom. The van der Waals surface area contributed by atoms with E-state index in [9.17, 15) is 0 Å². The number of nitrogens with zero attached hydrogens (tertiary/aromatic N) is 3. The minimum Gasteiger partial charge on any atom is -0.374 e. The zero-order chi connectivity index (χ0) is 13.0. The number of hydrogen-bond acceptors (Lipinski definition) is 5. The molecule has 6 nitrogen and oxygen atoms in total. The Balaban J connectivity index is 1.87. The van der Waals surface area contributed by atoms with Gasteiger partial charge in [-0.2, -0.15) is 5.10 Å². The minimum absolute atomic E-state index is 0.168. The van der Waals surface area contributed by atoms with Crippen molar-refractivity contribution in [1.82, 2.24) is 20.1 Å². The van der Waals surface area contributed by atoms with Crippen molar-refractivity contribution in [2.75, 3.05) is 26.7 Å². The van der Waals surface area contributed by atoms with Crippen molar-refractivity contribution in [1.29, 1.82) is 0 Å². The first kappa shape index (κ1) is 13.5. The molecule has 1 fully saturated rings. The van der Waals surface area contributed by atoms with Gasteiger partial charge in [0.05, 0.1) is 12.7 Å². The van der Waals surface area contributed by atoms with Crippen molar-refractivity contribution in [2.45, 2.75) is 25.0 Å². The van der Waals surface area contributed by atoms with Crippen molar-refractivity contribution >= 4 is 0 Å². The molecule has 1 aliphatic heterocycles. The number of hydrogen-bond donors (Lipinski definition) is 2. The summed E-state index contributed by atoms with van der Waals surface area (Å²) in [6.45, 7) is 2.71. The molecule has 0 aromatic carbocycles. The standard InChI is InChI=1S/C12H23N5O/c1-16-7-8-18-12(9-16)11(15-13)4-3-10-5-6-14-17(10)2/h5-6,11-12,15H,3-4,7-9,13H2,1-2H3. The van der Waals surface area contributed by atoms with Crippen molar-refractivity contribution in [3.63, 3.8) is 0 Å². The van der Waals surface area contributed by atoms with Crippen molar-refractivity contribution in [3.8, 4) is 0 Å². The fourth-order valence-electron chi connectivity index (χ4n) is 2.38. The summed E-state index contributed by atoms with van der Waals surface area (Å²) in [7, 11) is 4.08. The highest BCUT2D eigenvalue weighted by Crippen LogP contribution is 2.12. The summed E-state index contributed by atoms with van der Waals surface area (Å²) >= 11 is 0. The van der Waals surface area contributed by atoms with E-state index in [4.69, 9.17) is 10.6 Å². The predicted molar refractivity (Wildman–Crippen MR) is 69.9 cm³/mol. The van der Waals surface area contributed by atoms with E-state index in [0.29, 0.717) is 0 Å². The van der Waals surface area contributed by atoms with Crippen LogP contribution < -0.4 is 11.3 Å². The van der Waals surface area contributed by atoms with Gasteiger partial charge < -0.3 is 9.64 Å². The van der Waals surface area contributed by atoms with Crippen molar-refractivity contribution < 1.29 is 4.74 Å². The molecule has 1 aromatic rings. The number of aryl methyl sites for hydroxylation is 2. The van der Waals surface area contributed by atoms with Crippen LogP contribution in [0.2, 0.25) is 0 Å². The summed E-state index contributed by atoms with van der Waals surface area (Å²) in [5.74, 6) is 5.66. The highest BCUT2D eigenvalue weighted by Gasteiger charge is 2.25. The van der Waals surface area contributed by atoms with Crippen LogP contribution in [-0.2, 0) is 18.2 Å². The number of hydrazine groups is 1. The molecule has 0 saturated carbocycles. The Hall–Kier alpha value is -0.950. The van der Waals surface area contributed by atoms with Crippen LogP contribution in [0, 0.1) is 0 Å². The van der Waals surface area contributed by atoms with Crippen LogP contribution in [0.3, 0.4) is 0 Å². The van der Waals surface area contributed by atoms with Crippen LogP contribution >= 0.6 is 0 Å². The molecular formula is C12H23N5O. The van der Waals surface area contributed by atoms with Gasteiger partial charge in [-0.3, -0.25) is 16.0 Å². The lowest BCUT2D eigenvalue weighted by Gasteiger charge is -2.34. The number of morpholine rings is 1. The van der Waals surface area contributed by atoms with Crippen LogP contribution in [0.5, 0.6) is 0 Å². The second-order valence-electron chi connectivity index (χ2n) is 4.93. The first-order valence-electron chi connectivity index (χ1n) is 6.44. The Bertz CT molecular complexity index is 367. The van der Waals surface area contributed by atoms with Gasteiger partial charge in [-0.05, 0) is 26.0 Å². The summed E-state index contributed by atoms with van der Waals surface area (Å²) in [4.78, 5) is 2.28. The highest BCUT2D eigenvalue weighted by molar-refractivity contribution is 5.01. The fourth-order valence-corrected chi connectivity index (χ4v) is 2.38. The summed E-state index contributed by atoms with van der Waals surface area (Å²) in [5.41, 5.74) is 4.11. The summed E-state index contributed by atoms with van der Waals surface area (Å²) < 4.78 is 7.70. The molecule has 2 unspecified atom stereocenters. The SMILES string of the molecule is CN1CCOC(C(CCc2ccnn2C)NN)C1. The maximum absolute atomic E-state index is 5.79. The maximum atomic E-state index is 5.79. The van der Waals surface area contributed by atoms with E-state index >= 15 is 0 Å². The molecule has 1 aliphatic rings. The Labute approximate surface area is 108 Å². The number of likely N-dealkylation sites (N-methyl/N-ethyl adjacent to an activating group) is 1. The molecule has 2 rings (SSSR count). The average molecular weight is 253 g/mol. The zero-order valence-electron chi connectivity index (χ0n) is 11.2. The number of nitrogens with two attached hydrogens (primary N) is 1. The highest BCUT2D eigenvalue weighted by atomic mass is 16.5. The maximum Gasteiger partial charge on any atom is 0.0868 e. The van der Waals surface area contributed by atoms with Crippen molar-refractivity contribution in [2.24, 2.45) is 12.9 Å². The molecule has 0 amide bonds. The van der Waals surface area contributed by atoms with E-state index in [2.05, 4.69) is 22.5 Å². The number of aromatic nitrogens is 2. The third-order valence-corrected chi connectivity index (χ3v) is 3.59. The summed E-state index contributed by atoms with van der Waals surface area (Å²) in [6, 6.07) is 2.23. The molecule has 0 radical (unpaired) electrons. The molecule has 2 heterocycles. The van der Waals surface area contributed by atoms with E-state index in [1.54, 1.807) is 0 Å². The molecule has 0 aliphatic carbocycles. The van der Waals surface area contributed by atoms with E-state index in [0.717, 1.165) is 32.5 Å². The second-order valence-corrected chi connectivity index (χ2v) is 4.93. The molecule has 0 spiro atoms. The fraction of sp³-hybridized carbons (Fsp3) is 0.750. The quantitative estimate of drug-likeness (QED) is 0.548. The molecular weight excluding hydrogens is 230 g/mol. The zero-order valence-corrected chi connectivity index (χ0v) is 11.2. The first-order chi connectivity index (χ1) is 8.70. The normalized spacial score (nSPS) is 23.2. The van der Waals surface area contributed by atoms with Crippen LogP contribution in [0.4, 0.5) is 0 Å². The molecule has 102 valence electrons. The van der Waals surface area contributed by atoms with Crippen LogP contribution in [0.1, 0.15) is 12.1 Å².